The van der Waals surface area contributed by atoms with Crippen molar-refractivity contribution in [3.05, 3.63) is 83.2 Å². The van der Waals surface area contributed by atoms with Crippen LogP contribution in [-0.2, 0) is 0 Å². The van der Waals surface area contributed by atoms with E-state index in [1.165, 1.54) is 0 Å². The van der Waals surface area contributed by atoms with Crippen LogP contribution in [0.2, 0.25) is 0 Å². The average Bonchev–Trinajstić information content (AvgIpc) is 2.97. The van der Waals surface area contributed by atoms with Crippen molar-refractivity contribution in [2.24, 2.45) is 0 Å². The average molecular weight is 276 g/mol. The van der Waals surface area contributed by atoms with Crippen LogP contribution < -0.4 is 0 Å². The first kappa shape index (κ1) is 13.3. The zero-order valence-electron chi connectivity index (χ0n) is 12.1. The molecule has 0 radical (unpaired) electrons. The highest BCUT2D eigenvalue weighted by molar-refractivity contribution is 6.08. The lowest BCUT2D eigenvalue weighted by atomic mass is 10.0. The van der Waals surface area contributed by atoms with Gasteiger partial charge in [0.2, 0.25) is 5.78 Å². The van der Waals surface area contributed by atoms with Gasteiger partial charge in [-0.2, -0.15) is 5.10 Å². The van der Waals surface area contributed by atoms with Crippen LogP contribution in [-0.4, -0.2) is 15.6 Å². The van der Waals surface area contributed by atoms with Crippen LogP contribution in [0.4, 0.5) is 0 Å². The highest BCUT2D eigenvalue weighted by Crippen LogP contribution is 2.15. The molecule has 0 saturated carbocycles. The fraction of sp³-hybridized carbons (Fsp3) is 0.111. The summed E-state index contributed by atoms with van der Waals surface area (Å²) >= 11 is 0. The summed E-state index contributed by atoms with van der Waals surface area (Å²) in [6.45, 7) is 3.97. The molecule has 0 aliphatic rings. The van der Waals surface area contributed by atoms with Crippen LogP contribution in [0, 0.1) is 13.8 Å². The SMILES string of the molecule is Cc1ccc(C(=O)c2ccn(-c3ccccc3)n2)c(C)c1. The van der Waals surface area contributed by atoms with E-state index in [4.69, 9.17) is 0 Å². The van der Waals surface area contributed by atoms with Gasteiger partial charge in [-0.05, 0) is 37.6 Å². The molecule has 1 heterocycles. The summed E-state index contributed by atoms with van der Waals surface area (Å²) in [6.07, 6.45) is 1.81. The Kier molecular flexibility index (Phi) is 3.40. The van der Waals surface area contributed by atoms with Gasteiger partial charge in [-0.15, -0.1) is 0 Å². The summed E-state index contributed by atoms with van der Waals surface area (Å²) in [5, 5.41) is 4.39. The number of rotatable bonds is 3. The molecular formula is C18H16N2O. The Balaban J connectivity index is 1.94. The van der Waals surface area contributed by atoms with Gasteiger partial charge in [-0.3, -0.25) is 4.79 Å². The number of nitrogens with zero attached hydrogens (tertiary/aromatic N) is 2. The molecule has 0 aliphatic carbocycles. The Morgan fingerprint density at radius 2 is 1.76 bits per heavy atom. The van der Waals surface area contributed by atoms with Crippen molar-refractivity contribution < 1.29 is 4.79 Å². The van der Waals surface area contributed by atoms with Crippen LogP contribution in [0.3, 0.4) is 0 Å². The second-order valence-electron chi connectivity index (χ2n) is 5.13. The molecule has 104 valence electrons. The van der Waals surface area contributed by atoms with Gasteiger partial charge in [0.25, 0.3) is 0 Å². The summed E-state index contributed by atoms with van der Waals surface area (Å²) in [5.74, 6) is -0.0396. The Labute approximate surface area is 123 Å². The van der Waals surface area contributed by atoms with E-state index in [1.54, 1.807) is 10.7 Å². The van der Waals surface area contributed by atoms with E-state index >= 15 is 0 Å². The molecule has 0 bridgehead atoms. The van der Waals surface area contributed by atoms with Crippen LogP contribution in [0.1, 0.15) is 27.2 Å². The lowest BCUT2D eigenvalue weighted by Crippen LogP contribution is -2.06. The smallest absolute Gasteiger partial charge is 0.213 e. The molecule has 3 rings (SSSR count). The van der Waals surface area contributed by atoms with Gasteiger partial charge in [-0.25, -0.2) is 4.68 Å². The molecule has 0 N–H and O–H groups in total. The topological polar surface area (TPSA) is 34.9 Å². The molecule has 0 atom stereocenters. The van der Waals surface area contributed by atoms with E-state index in [2.05, 4.69) is 5.10 Å². The first-order chi connectivity index (χ1) is 10.1. The van der Waals surface area contributed by atoms with Gasteiger partial charge in [0.1, 0.15) is 5.69 Å². The van der Waals surface area contributed by atoms with Gasteiger partial charge in [0, 0.05) is 11.8 Å². The Bertz CT molecular complexity index is 788. The number of aromatic nitrogens is 2. The first-order valence-electron chi connectivity index (χ1n) is 6.88. The second kappa shape index (κ2) is 5.37. The molecule has 2 aromatic carbocycles. The highest BCUT2D eigenvalue weighted by atomic mass is 16.1. The zero-order chi connectivity index (χ0) is 14.8. The molecular weight excluding hydrogens is 260 g/mol. The van der Waals surface area contributed by atoms with E-state index in [1.807, 2.05) is 68.6 Å². The van der Waals surface area contributed by atoms with Crippen LogP contribution >= 0.6 is 0 Å². The molecule has 21 heavy (non-hydrogen) atoms. The van der Waals surface area contributed by atoms with Crippen molar-refractivity contribution in [2.45, 2.75) is 13.8 Å². The maximum Gasteiger partial charge on any atom is 0.213 e. The maximum absolute atomic E-state index is 12.5. The third kappa shape index (κ3) is 2.63. The highest BCUT2D eigenvalue weighted by Gasteiger charge is 2.14. The van der Waals surface area contributed by atoms with E-state index in [0.717, 1.165) is 16.8 Å². The van der Waals surface area contributed by atoms with Gasteiger partial charge >= 0.3 is 0 Å². The van der Waals surface area contributed by atoms with Crippen LogP contribution in [0.15, 0.2) is 60.8 Å². The minimum absolute atomic E-state index is 0.0396. The third-order valence-corrected chi connectivity index (χ3v) is 3.47. The van der Waals surface area contributed by atoms with Crippen LogP contribution in [0.25, 0.3) is 5.69 Å². The summed E-state index contributed by atoms with van der Waals surface area (Å²) in [4.78, 5) is 12.5. The minimum Gasteiger partial charge on any atom is -0.287 e. The number of benzene rings is 2. The lowest BCUT2D eigenvalue weighted by Gasteiger charge is -2.04. The number of ketones is 1. The second-order valence-corrected chi connectivity index (χ2v) is 5.13. The lowest BCUT2D eigenvalue weighted by molar-refractivity contribution is 0.103. The van der Waals surface area contributed by atoms with E-state index < -0.39 is 0 Å². The predicted octanol–water partition coefficient (Wildman–Crippen LogP) is 3.72. The van der Waals surface area contributed by atoms with Crippen LogP contribution in [0.5, 0.6) is 0 Å². The Morgan fingerprint density at radius 1 is 1.00 bits per heavy atom. The fourth-order valence-electron chi connectivity index (χ4n) is 2.38. The standard InChI is InChI=1S/C18H16N2O/c1-13-8-9-16(14(2)12-13)18(21)17-10-11-20(19-17)15-6-4-3-5-7-15/h3-12H,1-2H3. The van der Waals surface area contributed by atoms with Gasteiger partial charge in [-0.1, -0.05) is 42.0 Å². The van der Waals surface area contributed by atoms with Crippen molar-refractivity contribution in [2.75, 3.05) is 0 Å². The zero-order valence-corrected chi connectivity index (χ0v) is 12.1. The molecule has 0 aliphatic heterocycles. The quantitative estimate of drug-likeness (QED) is 0.683. The minimum atomic E-state index is -0.0396. The van der Waals surface area contributed by atoms with Crippen molar-refractivity contribution in [3.8, 4) is 5.69 Å². The summed E-state index contributed by atoms with van der Waals surface area (Å²) in [6, 6.07) is 17.4. The van der Waals surface area contributed by atoms with Gasteiger partial charge in [0.15, 0.2) is 0 Å². The molecule has 1 aromatic heterocycles. The molecule has 0 unspecified atom stereocenters. The van der Waals surface area contributed by atoms with Crippen molar-refractivity contribution >= 4 is 5.78 Å². The largest absolute Gasteiger partial charge is 0.287 e. The molecule has 0 saturated heterocycles. The fourth-order valence-corrected chi connectivity index (χ4v) is 2.38. The monoisotopic (exact) mass is 276 g/mol. The summed E-state index contributed by atoms with van der Waals surface area (Å²) in [5.41, 5.74) is 4.25. The molecule has 3 aromatic rings. The van der Waals surface area contributed by atoms with Gasteiger partial charge < -0.3 is 0 Å². The third-order valence-electron chi connectivity index (χ3n) is 3.47. The molecule has 3 heteroatoms. The van der Waals surface area contributed by atoms with Gasteiger partial charge in [0.05, 0.1) is 5.69 Å². The summed E-state index contributed by atoms with van der Waals surface area (Å²) < 4.78 is 1.72. The van der Waals surface area contributed by atoms with Crippen molar-refractivity contribution in [1.82, 2.24) is 9.78 Å². The molecule has 0 fully saturated rings. The number of carbonyl (C=O) groups excluding carboxylic acids is 1. The van der Waals surface area contributed by atoms with E-state index in [9.17, 15) is 4.79 Å². The number of hydrogen-bond donors (Lipinski definition) is 0. The Hall–Kier alpha value is -2.68. The van der Waals surface area contributed by atoms with Crippen molar-refractivity contribution in [1.29, 1.82) is 0 Å². The summed E-state index contributed by atoms with van der Waals surface area (Å²) in [7, 11) is 0. The number of aryl methyl sites for hydroxylation is 2. The first-order valence-corrected chi connectivity index (χ1v) is 6.88. The number of para-hydroxylation sites is 1. The number of carbonyl (C=O) groups is 1. The predicted molar refractivity (Wildman–Crippen MR) is 82.9 cm³/mol. The number of hydrogen-bond acceptors (Lipinski definition) is 2. The normalized spacial score (nSPS) is 10.6. The maximum atomic E-state index is 12.5. The molecule has 0 spiro atoms. The van der Waals surface area contributed by atoms with E-state index in [-0.39, 0.29) is 5.78 Å². The van der Waals surface area contributed by atoms with E-state index in [0.29, 0.717) is 11.3 Å². The van der Waals surface area contributed by atoms with Crippen molar-refractivity contribution in [3.63, 3.8) is 0 Å². The molecule has 0 amide bonds. The molecule has 3 nitrogen and oxygen atoms in total. The Morgan fingerprint density at radius 3 is 2.48 bits per heavy atom.